The summed E-state index contributed by atoms with van der Waals surface area (Å²) < 4.78 is 0. The predicted octanol–water partition coefficient (Wildman–Crippen LogP) is 4.24. The molecule has 0 aromatic heterocycles. The van der Waals surface area contributed by atoms with E-state index in [9.17, 15) is 10.4 Å². The molecule has 0 aromatic rings. The second kappa shape index (κ2) is 9.75. The van der Waals surface area contributed by atoms with E-state index in [1.54, 1.807) is 18.2 Å². The van der Waals surface area contributed by atoms with Gasteiger partial charge in [0.05, 0.1) is 17.9 Å². The van der Waals surface area contributed by atoms with E-state index in [1.165, 1.54) is 0 Å². The zero-order valence-corrected chi connectivity index (χ0v) is 14.6. The molecule has 0 amide bonds. The molecule has 1 heterocycles. The molecule has 1 aliphatic carbocycles. The highest BCUT2D eigenvalue weighted by atomic mass is 16.3. The van der Waals surface area contributed by atoms with Crippen LogP contribution in [-0.4, -0.2) is 29.3 Å². The van der Waals surface area contributed by atoms with Gasteiger partial charge in [-0.2, -0.15) is 5.26 Å². The Hall–Kier alpha value is -2.45. The van der Waals surface area contributed by atoms with Crippen molar-refractivity contribution in [2.75, 3.05) is 13.1 Å². The molecule has 1 aliphatic heterocycles. The highest BCUT2D eigenvalue weighted by molar-refractivity contribution is 5.44. The molecule has 0 saturated carbocycles. The summed E-state index contributed by atoms with van der Waals surface area (Å²) in [5, 5.41) is 30.2. The van der Waals surface area contributed by atoms with Gasteiger partial charge in [0.15, 0.2) is 0 Å². The molecule has 1 N–H and O–H groups in total. The molecule has 132 valence electrons. The third kappa shape index (κ3) is 5.54. The summed E-state index contributed by atoms with van der Waals surface area (Å²) in [4.78, 5) is 0. The van der Waals surface area contributed by atoms with Gasteiger partial charge in [-0.25, -0.2) is 0 Å². The summed E-state index contributed by atoms with van der Waals surface area (Å²) in [5.41, 5.74) is 2.42. The van der Waals surface area contributed by atoms with E-state index < -0.39 is 6.10 Å². The van der Waals surface area contributed by atoms with Crippen LogP contribution < -0.4 is 0 Å². The van der Waals surface area contributed by atoms with Crippen LogP contribution in [0.5, 0.6) is 0 Å². The minimum Gasteiger partial charge on any atom is -0.388 e. The molecule has 2 aliphatic rings. The van der Waals surface area contributed by atoms with E-state index in [-0.39, 0.29) is 5.92 Å². The molecule has 0 radical (unpaired) electrons. The first-order valence-electron chi connectivity index (χ1n) is 8.78. The van der Waals surface area contributed by atoms with Crippen LogP contribution in [0.1, 0.15) is 32.1 Å². The Morgan fingerprint density at radius 2 is 2.08 bits per heavy atom. The van der Waals surface area contributed by atoms with Crippen LogP contribution >= 0.6 is 0 Å². The summed E-state index contributed by atoms with van der Waals surface area (Å²) >= 11 is 0. The van der Waals surface area contributed by atoms with Crippen molar-refractivity contribution in [1.29, 1.82) is 5.26 Å². The number of hydrogen-bond donors (Lipinski definition) is 1. The van der Waals surface area contributed by atoms with Crippen LogP contribution in [0.4, 0.5) is 0 Å². The molecule has 25 heavy (non-hydrogen) atoms. The standard InChI is InChI=1S/C20H26N4O/c1-3-7-17(4-2)20(25)11-9-18-14-16(15-21)8-10-19(18)22-23-24-12-5-6-13-24/h3-4,9,11,14,17,20,25H,1-2,5-8,10,12-13H2/b11-9+,23-22?/t17?,20-/m0/s1. The molecule has 5 nitrogen and oxygen atoms in total. The fourth-order valence-electron chi connectivity index (χ4n) is 2.90. The van der Waals surface area contributed by atoms with Gasteiger partial charge in [0.25, 0.3) is 0 Å². The summed E-state index contributed by atoms with van der Waals surface area (Å²) in [5.74, 6) is -0.0768. The fourth-order valence-corrected chi connectivity index (χ4v) is 2.90. The number of rotatable bonds is 8. The Labute approximate surface area is 150 Å². The van der Waals surface area contributed by atoms with Gasteiger partial charge >= 0.3 is 0 Å². The zero-order valence-electron chi connectivity index (χ0n) is 14.6. The highest BCUT2D eigenvalue weighted by Gasteiger charge is 2.15. The maximum atomic E-state index is 10.3. The van der Waals surface area contributed by atoms with Gasteiger partial charge in [-0.15, -0.1) is 18.3 Å². The monoisotopic (exact) mass is 338 g/mol. The van der Waals surface area contributed by atoms with Crippen molar-refractivity contribution in [1.82, 2.24) is 5.01 Å². The number of aliphatic hydroxyl groups excluding tert-OH is 1. The molecule has 2 rings (SSSR count). The number of hydrogen-bond acceptors (Lipinski definition) is 4. The average molecular weight is 338 g/mol. The number of allylic oxidation sites excluding steroid dienone is 6. The third-order valence-corrected chi connectivity index (χ3v) is 4.47. The van der Waals surface area contributed by atoms with E-state index in [2.05, 4.69) is 29.6 Å². The van der Waals surface area contributed by atoms with Gasteiger partial charge in [0.1, 0.15) is 0 Å². The van der Waals surface area contributed by atoms with Crippen LogP contribution in [-0.2, 0) is 0 Å². The Balaban J connectivity index is 2.18. The molecule has 5 heteroatoms. The lowest BCUT2D eigenvalue weighted by atomic mass is 9.94. The van der Waals surface area contributed by atoms with Crippen LogP contribution in [0.25, 0.3) is 0 Å². The maximum Gasteiger partial charge on any atom is 0.0947 e. The van der Waals surface area contributed by atoms with Crippen molar-refractivity contribution in [3.63, 3.8) is 0 Å². The quantitative estimate of drug-likeness (QED) is 0.531. The first-order chi connectivity index (χ1) is 12.2. The van der Waals surface area contributed by atoms with Crippen LogP contribution in [0.2, 0.25) is 0 Å². The van der Waals surface area contributed by atoms with E-state index in [0.29, 0.717) is 19.3 Å². The minimum absolute atomic E-state index is 0.0768. The van der Waals surface area contributed by atoms with Crippen LogP contribution in [0.15, 0.2) is 70.7 Å². The summed E-state index contributed by atoms with van der Waals surface area (Å²) in [6.07, 6.45) is 12.6. The van der Waals surface area contributed by atoms with E-state index >= 15 is 0 Å². The van der Waals surface area contributed by atoms with Crippen LogP contribution in [0, 0.1) is 17.2 Å². The lowest BCUT2D eigenvalue weighted by Crippen LogP contribution is -2.15. The van der Waals surface area contributed by atoms with Gasteiger partial charge in [-0.05, 0) is 43.8 Å². The minimum atomic E-state index is -0.652. The predicted molar refractivity (Wildman–Crippen MR) is 99.3 cm³/mol. The highest BCUT2D eigenvalue weighted by Crippen LogP contribution is 2.27. The number of aliphatic hydroxyl groups is 1. The average Bonchev–Trinajstić information content (AvgIpc) is 3.16. The van der Waals surface area contributed by atoms with Crippen molar-refractivity contribution < 1.29 is 5.11 Å². The van der Waals surface area contributed by atoms with Crippen LogP contribution in [0.3, 0.4) is 0 Å². The molecule has 1 saturated heterocycles. The summed E-state index contributed by atoms with van der Waals surface area (Å²) in [7, 11) is 0. The summed E-state index contributed by atoms with van der Waals surface area (Å²) in [6, 6.07) is 2.21. The molecule has 1 fully saturated rings. The van der Waals surface area contributed by atoms with Gasteiger partial charge in [0, 0.05) is 24.6 Å². The largest absolute Gasteiger partial charge is 0.388 e. The normalized spacial score (nSPS) is 20.6. The lowest BCUT2D eigenvalue weighted by molar-refractivity contribution is 0.178. The zero-order chi connectivity index (χ0) is 18.1. The van der Waals surface area contributed by atoms with Crippen molar-refractivity contribution in [3.8, 4) is 6.07 Å². The number of nitriles is 1. The smallest absolute Gasteiger partial charge is 0.0947 e. The van der Waals surface area contributed by atoms with Gasteiger partial charge < -0.3 is 5.11 Å². The maximum absolute atomic E-state index is 10.3. The Morgan fingerprint density at radius 1 is 1.32 bits per heavy atom. The van der Waals surface area contributed by atoms with Gasteiger partial charge in [0.2, 0.25) is 0 Å². The molecule has 0 aromatic carbocycles. The molecule has 1 unspecified atom stereocenters. The first-order valence-corrected chi connectivity index (χ1v) is 8.78. The molecule has 0 spiro atoms. The van der Waals surface area contributed by atoms with Crippen molar-refractivity contribution in [3.05, 3.63) is 60.4 Å². The van der Waals surface area contributed by atoms with E-state index in [0.717, 1.165) is 42.8 Å². The molecular formula is C20H26N4O. The Kier molecular flexibility index (Phi) is 7.36. The summed E-state index contributed by atoms with van der Waals surface area (Å²) in [6.45, 7) is 9.36. The van der Waals surface area contributed by atoms with E-state index in [4.69, 9.17) is 0 Å². The Morgan fingerprint density at radius 3 is 2.72 bits per heavy atom. The second-order valence-electron chi connectivity index (χ2n) is 6.31. The third-order valence-electron chi connectivity index (χ3n) is 4.47. The molecule has 0 bridgehead atoms. The topological polar surface area (TPSA) is 72.0 Å². The molecular weight excluding hydrogens is 312 g/mol. The fraction of sp³-hybridized carbons (Fsp3) is 0.450. The van der Waals surface area contributed by atoms with Crippen molar-refractivity contribution in [2.24, 2.45) is 16.3 Å². The Bertz CT molecular complexity index is 645. The number of nitrogens with zero attached hydrogens (tertiary/aromatic N) is 4. The van der Waals surface area contributed by atoms with E-state index in [1.807, 2.05) is 17.2 Å². The van der Waals surface area contributed by atoms with Crippen molar-refractivity contribution in [2.45, 2.75) is 38.2 Å². The van der Waals surface area contributed by atoms with Gasteiger partial charge in [-0.3, -0.25) is 5.01 Å². The SMILES string of the molecule is C=CCC(C=C)[C@@H](O)/C=C/C1=C(N=NN2CCCC2)CCC(C#N)=C1. The van der Waals surface area contributed by atoms with Gasteiger partial charge in [-0.1, -0.05) is 29.5 Å². The lowest BCUT2D eigenvalue weighted by Gasteiger charge is -2.16. The van der Waals surface area contributed by atoms with Crippen molar-refractivity contribution >= 4 is 0 Å². The second-order valence-corrected chi connectivity index (χ2v) is 6.31. The first kappa shape index (κ1) is 18.9. The molecule has 2 atom stereocenters.